The van der Waals surface area contributed by atoms with Crippen LogP contribution < -0.4 is 10.2 Å². The topological polar surface area (TPSA) is 114 Å². The number of nitrogens with one attached hydrogen (secondary N) is 1. The minimum atomic E-state index is -3.75. The van der Waals surface area contributed by atoms with Gasteiger partial charge in [-0.3, -0.25) is 4.79 Å². The molecule has 1 aliphatic heterocycles. The molecule has 4 rings (SSSR count). The van der Waals surface area contributed by atoms with Gasteiger partial charge >= 0.3 is 5.97 Å². The van der Waals surface area contributed by atoms with Gasteiger partial charge < -0.3 is 14.8 Å². The Balaban J connectivity index is 2.20. The fourth-order valence-electron chi connectivity index (χ4n) is 3.12. The third-order valence-corrected chi connectivity index (χ3v) is 6.08. The number of aromatic amines is 1. The number of methoxy groups -OCH3 is 1. The van der Waals surface area contributed by atoms with Crippen LogP contribution in [0.4, 0.5) is 0 Å². The molecule has 126 valence electrons. The number of H-pyrrole nitrogens is 1. The number of ether oxygens (including phenoxy) is 1. The Hall–Kier alpha value is -3.13. The second kappa shape index (κ2) is 4.93. The molecule has 7 nitrogen and oxygen atoms in total. The lowest BCUT2D eigenvalue weighted by Crippen LogP contribution is -2.10. The van der Waals surface area contributed by atoms with Crippen LogP contribution in [-0.4, -0.2) is 31.6 Å². The van der Waals surface area contributed by atoms with Crippen LogP contribution >= 0.6 is 0 Å². The van der Waals surface area contributed by atoms with Crippen molar-refractivity contribution in [3.05, 3.63) is 52.3 Å². The van der Waals surface area contributed by atoms with Crippen molar-refractivity contribution in [3.8, 4) is 16.9 Å². The summed E-state index contributed by atoms with van der Waals surface area (Å²) in [5.41, 5.74) is 0.0747. The molecule has 8 heteroatoms. The normalized spacial score (nSPS) is 14.1. The first-order chi connectivity index (χ1) is 11.8. The molecule has 2 N–H and O–H groups in total. The van der Waals surface area contributed by atoms with Crippen molar-refractivity contribution in [1.82, 2.24) is 4.98 Å². The SMILES string of the molecule is COc1ccc2c(c1)-c1c(ccc3[nH]c(C(=O)O)cc(=O)c13)S2(=O)=O. The molecule has 2 heterocycles. The molecule has 0 fully saturated rings. The van der Waals surface area contributed by atoms with Gasteiger partial charge in [-0.1, -0.05) is 0 Å². The van der Waals surface area contributed by atoms with Gasteiger partial charge in [0.1, 0.15) is 11.4 Å². The number of pyridine rings is 1. The van der Waals surface area contributed by atoms with Crippen molar-refractivity contribution in [2.45, 2.75) is 9.79 Å². The minimum absolute atomic E-state index is 0.0248. The summed E-state index contributed by atoms with van der Waals surface area (Å²) in [6, 6.07) is 8.27. The number of carboxylic acids is 1. The summed E-state index contributed by atoms with van der Waals surface area (Å²) in [4.78, 5) is 26.4. The first-order valence-corrected chi connectivity index (χ1v) is 8.70. The summed E-state index contributed by atoms with van der Waals surface area (Å²) < 4.78 is 30.7. The molecule has 0 bridgehead atoms. The predicted octanol–water partition coefficient (Wildman–Crippen LogP) is 2.05. The lowest BCUT2D eigenvalue weighted by Gasteiger charge is -2.07. The van der Waals surface area contributed by atoms with Gasteiger partial charge in [0.25, 0.3) is 0 Å². The van der Waals surface area contributed by atoms with Gasteiger partial charge in [-0.15, -0.1) is 0 Å². The zero-order valence-corrected chi connectivity index (χ0v) is 13.7. The second-order valence-electron chi connectivity index (χ2n) is 5.58. The number of aromatic carboxylic acids is 1. The Labute approximate surface area is 141 Å². The van der Waals surface area contributed by atoms with E-state index in [9.17, 15) is 18.0 Å². The van der Waals surface area contributed by atoms with Gasteiger partial charge in [-0.2, -0.15) is 0 Å². The molecular formula is C17H11NO6S. The number of fused-ring (bicyclic) bond motifs is 5. The van der Waals surface area contributed by atoms with E-state index in [2.05, 4.69) is 4.98 Å². The molecule has 1 aliphatic rings. The summed E-state index contributed by atoms with van der Waals surface area (Å²) in [7, 11) is -2.29. The van der Waals surface area contributed by atoms with Crippen molar-refractivity contribution >= 4 is 26.7 Å². The van der Waals surface area contributed by atoms with E-state index in [1.165, 1.54) is 31.4 Å². The van der Waals surface area contributed by atoms with Crippen LogP contribution in [0.25, 0.3) is 22.0 Å². The summed E-state index contributed by atoms with van der Waals surface area (Å²) in [5.74, 6) is -0.813. The van der Waals surface area contributed by atoms with Crippen LogP contribution in [0.3, 0.4) is 0 Å². The third-order valence-electron chi connectivity index (χ3n) is 4.22. The van der Waals surface area contributed by atoms with Crippen LogP contribution in [0.1, 0.15) is 10.5 Å². The molecule has 0 spiro atoms. The maximum absolute atomic E-state index is 12.8. The van der Waals surface area contributed by atoms with Crippen molar-refractivity contribution in [2.75, 3.05) is 7.11 Å². The third kappa shape index (κ3) is 2.01. The maximum atomic E-state index is 12.8. The number of carboxylic acid groups (broad SMARTS) is 1. The average Bonchev–Trinajstić information content (AvgIpc) is 2.81. The van der Waals surface area contributed by atoms with Gasteiger partial charge in [0, 0.05) is 17.2 Å². The highest BCUT2D eigenvalue weighted by atomic mass is 32.2. The fraction of sp³-hybridized carbons (Fsp3) is 0.0588. The van der Waals surface area contributed by atoms with Gasteiger partial charge in [0.05, 0.1) is 27.8 Å². The number of hydrogen-bond acceptors (Lipinski definition) is 5. The van der Waals surface area contributed by atoms with Crippen molar-refractivity contribution in [1.29, 1.82) is 0 Å². The van der Waals surface area contributed by atoms with E-state index >= 15 is 0 Å². The van der Waals surface area contributed by atoms with Gasteiger partial charge in [0.2, 0.25) is 9.84 Å². The lowest BCUT2D eigenvalue weighted by atomic mass is 10.00. The standard InChI is InChI=1S/C17H11NO6S/c1-24-8-2-4-13-9(6-8)15-14(25(13,22)23)5-3-10-16(15)12(19)7-11(18-10)17(20)21/h2-7H,1H3,(H,18,19)(H,20,21). The number of benzene rings is 2. The molecule has 1 aromatic heterocycles. The Kier molecular flexibility index (Phi) is 3.04. The van der Waals surface area contributed by atoms with E-state index in [1.807, 2.05) is 0 Å². The number of rotatable bonds is 2. The first kappa shape index (κ1) is 15.4. The van der Waals surface area contributed by atoms with Gasteiger partial charge in [0.15, 0.2) is 5.43 Å². The summed E-state index contributed by atoms with van der Waals surface area (Å²) in [6.45, 7) is 0. The van der Waals surface area contributed by atoms with Crippen LogP contribution in [0, 0.1) is 0 Å². The maximum Gasteiger partial charge on any atom is 0.352 e. The molecular weight excluding hydrogens is 346 g/mol. The quantitative estimate of drug-likeness (QED) is 0.568. The molecule has 0 saturated carbocycles. The summed E-state index contributed by atoms with van der Waals surface area (Å²) in [6.07, 6.45) is 0. The highest BCUT2D eigenvalue weighted by molar-refractivity contribution is 7.92. The van der Waals surface area contributed by atoms with Gasteiger partial charge in [-0.25, -0.2) is 13.2 Å². The van der Waals surface area contributed by atoms with E-state index in [4.69, 9.17) is 9.84 Å². The van der Waals surface area contributed by atoms with Crippen LogP contribution in [0.15, 0.2) is 51.0 Å². The smallest absolute Gasteiger partial charge is 0.352 e. The van der Waals surface area contributed by atoms with Crippen molar-refractivity contribution in [2.24, 2.45) is 0 Å². The van der Waals surface area contributed by atoms with E-state index in [0.29, 0.717) is 11.3 Å². The molecule has 0 unspecified atom stereocenters. The Morgan fingerprint density at radius 1 is 1.12 bits per heavy atom. The molecule has 0 saturated heterocycles. The summed E-state index contributed by atoms with van der Waals surface area (Å²) >= 11 is 0. The Morgan fingerprint density at radius 2 is 1.84 bits per heavy atom. The number of sulfone groups is 1. The van der Waals surface area contributed by atoms with Gasteiger partial charge in [-0.05, 0) is 30.3 Å². The highest BCUT2D eigenvalue weighted by Crippen LogP contribution is 2.46. The Bertz CT molecular complexity index is 1240. The van der Waals surface area contributed by atoms with Crippen LogP contribution in [0.5, 0.6) is 5.75 Å². The molecule has 0 atom stereocenters. The zero-order chi connectivity index (χ0) is 17.9. The molecule has 3 aromatic rings. The van der Waals surface area contributed by atoms with E-state index < -0.39 is 21.2 Å². The zero-order valence-electron chi connectivity index (χ0n) is 12.9. The fourth-order valence-corrected chi connectivity index (χ4v) is 4.78. The first-order valence-electron chi connectivity index (χ1n) is 7.21. The average molecular weight is 357 g/mol. The van der Waals surface area contributed by atoms with E-state index in [1.54, 1.807) is 6.07 Å². The largest absolute Gasteiger partial charge is 0.497 e. The van der Waals surface area contributed by atoms with Crippen molar-refractivity contribution < 1.29 is 23.1 Å². The Morgan fingerprint density at radius 3 is 2.52 bits per heavy atom. The van der Waals surface area contributed by atoms with E-state index in [-0.39, 0.29) is 32.0 Å². The summed E-state index contributed by atoms with van der Waals surface area (Å²) in [5, 5.41) is 9.23. The number of carbonyl (C=O) groups is 1. The lowest BCUT2D eigenvalue weighted by molar-refractivity contribution is 0.0691. The van der Waals surface area contributed by atoms with Crippen molar-refractivity contribution in [3.63, 3.8) is 0 Å². The monoisotopic (exact) mass is 357 g/mol. The van der Waals surface area contributed by atoms with Crippen LogP contribution in [0.2, 0.25) is 0 Å². The van der Waals surface area contributed by atoms with Crippen LogP contribution in [-0.2, 0) is 9.84 Å². The number of aromatic nitrogens is 1. The molecule has 0 radical (unpaired) electrons. The second-order valence-corrected chi connectivity index (χ2v) is 7.47. The predicted molar refractivity (Wildman–Crippen MR) is 89.0 cm³/mol. The molecule has 0 amide bonds. The number of hydrogen-bond donors (Lipinski definition) is 2. The minimum Gasteiger partial charge on any atom is -0.497 e. The molecule has 2 aromatic carbocycles. The molecule has 0 aliphatic carbocycles. The van der Waals surface area contributed by atoms with E-state index in [0.717, 1.165) is 6.07 Å². The molecule has 25 heavy (non-hydrogen) atoms. The highest BCUT2D eigenvalue weighted by Gasteiger charge is 2.35.